The van der Waals surface area contributed by atoms with E-state index in [1.807, 2.05) is 38.1 Å². The van der Waals surface area contributed by atoms with Crippen molar-refractivity contribution in [2.45, 2.75) is 26.3 Å². The first-order valence-corrected chi connectivity index (χ1v) is 9.64. The van der Waals surface area contributed by atoms with Crippen molar-refractivity contribution in [2.24, 2.45) is 5.92 Å². The number of fused-ring (bicyclic) bond motifs is 2. The molecule has 3 amide bonds. The number of hydrogen-bond acceptors (Lipinski definition) is 4. The lowest BCUT2D eigenvalue weighted by Gasteiger charge is -2.29. The molecule has 0 saturated heterocycles. The van der Waals surface area contributed by atoms with Crippen LogP contribution in [0.25, 0.3) is 10.9 Å². The predicted molar refractivity (Wildman–Crippen MR) is 111 cm³/mol. The number of nitrogens with one attached hydrogen (secondary N) is 1. The van der Waals surface area contributed by atoms with Crippen LogP contribution in [0.15, 0.2) is 60.8 Å². The van der Waals surface area contributed by atoms with Crippen molar-refractivity contribution < 1.29 is 14.4 Å². The zero-order chi connectivity index (χ0) is 20.5. The molecule has 0 saturated carbocycles. The van der Waals surface area contributed by atoms with Gasteiger partial charge in [-0.25, -0.2) is 0 Å². The Labute approximate surface area is 168 Å². The molecule has 1 N–H and O–H groups in total. The van der Waals surface area contributed by atoms with Crippen molar-refractivity contribution in [3.63, 3.8) is 0 Å². The number of rotatable bonds is 5. The second-order valence-corrected chi connectivity index (χ2v) is 7.23. The molecule has 0 fully saturated rings. The quantitative estimate of drug-likeness (QED) is 0.674. The van der Waals surface area contributed by atoms with E-state index in [4.69, 9.17) is 0 Å². The number of amides is 3. The molecule has 29 heavy (non-hydrogen) atoms. The van der Waals surface area contributed by atoms with E-state index in [-0.39, 0.29) is 5.92 Å². The molecule has 3 aromatic rings. The molecule has 0 aliphatic carbocycles. The van der Waals surface area contributed by atoms with Gasteiger partial charge in [-0.15, -0.1) is 0 Å². The lowest BCUT2D eigenvalue weighted by molar-refractivity contribution is -0.121. The maximum Gasteiger partial charge on any atom is 0.262 e. The first-order chi connectivity index (χ1) is 14.0. The van der Waals surface area contributed by atoms with E-state index in [0.29, 0.717) is 28.8 Å². The molecule has 2 heterocycles. The van der Waals surface area contributed by atoms with Gasteiger partial charge >= 0.3 is 0 Å². The Bertz CT molecular complexity index is 1080. The second kappa shape index (κ2) is 7.47. The molecular weight excluding hydrogens is 366 g/mol. The van der Waals surface area contributed by atoms with Crippen LogP contribution >= 0.6 is 0 Å². The highest BCUT2D eigenvalue weighted by Gasteiger charge is 2.44. The number of para-hydroxylation sites is 1. The lowest BCUT2D eigenvalue weighted by atomic mass is 9.96. The molecule has 0 bridgehead atoms. The Morgan fingerprint density at radius 2 is 1.66 bits per heavy atom. The number of hydrogen-bond donors (Lipinski definition) is 1. The van der Waals surface area contributed by atoms with E-state index < -0.39 is 23.8 Å². The summed E-state index contributed by atoms with van der Waals surface area (Å²) in [5, 5.41) is 3.79. The van der Waals surface area contributed by atoms with Crippen LogP contribution in [0.1, 0.15) is 41.0 Å². The first-order valence-electron chi connectivity index (χ1n) is 9.64. The van der Waals surface area contributed by atoms with Crippen LogP contribution in [0.4, 0.5) is 5.69 Å². The average Bonchev–Trinajstić information content (AvgIpc) is 2.99. The summed E-state index contributed by atoms with van der Waals surface area (Å²) in [5.74, 6) is -1.46. The average molecular weight is 387 g/mol. The maximum absolute atomic E-state index is 13.3. The minimum Gasteiger partial charge on any atom is -0.322 e. The molecule has 6 nitrogen and oxygen atoms in total. The molecule has 0 radical (unpaired) electrons. The van der Waals surface area contributed by atoms with Gasteiger partial charge in [0.05, 0.1) is 22.3 Å². The van der Waals surface area contributed by atoms with Crippen LogP contribution < -0.4 is 5.32 Å². The fourth-order valence-electron chi connectivity index (χ4n) is 3.73. The number of benzene rings is 2. The van der Waals surface area contributed by atoms with Crippen molar-refractivity contribution in [2.75, 3.05) is 5.32 Å². The van der Waals surface area contributed by atoms with Gasteiger partial charge in [-0.05, 0) is 30.2 Å². The summed E-state index contributed by atoms with van der Waals surface area (Å²) in [6, 6.07) is 15.0. The van der Waals surface area contributed by atoms with Gasteiger partial charge in [0, 0.05) is 11.6 Å². The second-order valence-electron chi connectivity index (χ2n) is 7.23. The van der Waals surface area contributed by atoms with Crippen LogP contribution in [0.2, 0.25) is 0 Å². The molecular formula is C23H21N3O3. The number of pyridine rings is 1. The maximum atomic E-state index is 13.3. The summed E-state index contributed by atoms with van der Waals surface area (Å²) < 4.78 is 0. The van der Waals surface area contributed by atoms with Crippen molar-refractivity contribution >= 4 is 34.3 Å². The van der Waals surface area contributed by atoms with Crippen LogP contribution in [0.3, 0.4) is 0 Å². The van der Waals surface area contributed by atoms with Crippen LogP contribution in [0.5, 0.6) is 0 Å². The molecule has 0 unspecified atom stereocenters. The summed E-state index contributed by atoms with van der Waals surface area (Å²) >= 11 is 0. The third kappa shape index (κ3) is 3.16. The van der Waals surface area contributed by atoms with Gasteiger partial charge in [0.15, 0.2) is 0 Å². The highest BCUT2D eigenvalue weighted by Crippen LogP contribution is 2.29. The van der Waals surface area contributed by atoms with Gasteiger partial charge in [-0.1, -0.05) is 50.6 Å². The van der Waals surface area contributed by atoms with E-state index >= 15 is 0 Å². The first kappa shape index (κ1) is 18.8. The molecule has 6 heteroatoms. The molecule has 0 spiro atoms. The Morgan fingerprint density at radius 3 is 2.31 bits per heavy atom. The van der Waals surface area contributed by atoms with Crippen LogP contribution in [-0.4, -0.2) is 33.6 Å². The smallest absolute Gasteiger partial charge is 0.262 e. The Hall–Kier alpha value is -3.54. The highest BCUT2D eigenvalue weighted by atomic mass is 16.2. The number of nitrogens with zero attached hydrogens (tertiary/aromatic N) is 2. The zero-order valence-corrected chi connectivity index (χ0v) is 16.3. The molecule has 146 valence electrons. The fourth-order valence-corrected chi connectivity index (χ4v) is 3.73. The van der Waals surface area contributed by atoms with Crippen LogP contribution in [0, 0.1) is 5.92 Å². The summed E-state index contributed by atoms with van der Waals surface area (Å²) in [6.07, 6.45) is 2.30. The molecule has 2 aromatic carbocycles. The standard InChI is InChI=1S/C23H21N3O3/c1-3-14(2)20(26-22(28)16-10-4-5-11-17(16)23(26)29)21(27)25-18-12-6-8-15-9-7-13-24-19(15)18/h4-14,20H,3H2,1-2H3,(H,25,27)/t14-,20+/m1/s1. The fraction of sp³-hybridized carbons (Fsp3) is 0.217. The molecule has 1 aromatic heterocycles. The van der Waals surface area contributed by atoms with Gasteiger partial charge in [-0.2, -0.15) is 0 Å². The summed E-state index contributed by atoms with van der Waals surface area (Å²) in [6.45, 7) is 3.80. The number of carbonyl (C=O) groups excluding carboxylic acids is 3. The monoisotopic (exact) mass is 387 g/mol. The summed E-state index contributed by atoms with van der Waals surface area (Å²) in [4.78, 5) is 44.7. The number of anilines is 1. The van der Waals surface area contributed by atoms with Crippen molar-refractivity contribution in [1.82, 2.24) is 9.88 Å². The third-order valence-corrected chi connectivity index (χ3v) is 5.45. The van der Waals surface area contributed by atoms with Gasteiger partial charge in [0.25, 0.3) is 11.8 Å². The van der Waals surface area contributed by atoms with E-state index in [1.54, 1.807) is 36.5 Å². The Morgan fingerprint density at radius 1 is 1.00 bits per heavy atom. The largest absolute Gasteiger partial charge is 0.322 e. The minimum atomic E-state index is -0.911. The minimum absolute atomic E-state index is 0.208. The van der Waals surface area contributed by atoms with E-state index in [0.717, 1.165) is 10.3 Å². The van der Waals surface area contributed by atoms with Gasteiger partial charge in [0.1, 0.15) is 6.04 Å². The van der Waals surface area contributed by atoms with Crippen LogP contribution in [-0.2, 0) is 4.79 Å². The Balaban J connectivity index is 1.70. The van der Waals surface area contributed by atoms with Crippen molar-refractivity contribution in [1.29, 1.82) is 0 Å². The normalized spacial score (nSPS) is 15.3. The number of aromatic nitrogens is 1. The number of carbonyl (C=O) groups is 3. The Kier molecular flexibility index (Phi) is 4.84. The van der Waals surface area contributed by atoms with Gasteiger partial charge in [0.2, 0.25) is 5.91 Å². The topological polar surface area (TPSA) is 79.4 Å². The molecule has 4 rings (SSSR count). The van der Waals surface area contributed by atoms with Crippen molar-refractivity contribution in [3.8, 4) is 0 Å². The van der Waals surface area contributed by atoms with E-state index in [9.17, 15) is 14.4 Å². The van der Waals surface area contributed by atoms with E-state index in [1.165, 1.54) is 0 Å². The third-order valence-electron chi connectivity index (χ3n) is 5.45. The molecule has 2 atom stereocenters. The summed E-state index contributed by atoms with van der Waals surface area (Å²) in [7, 11) is 0. The highest BCUT2D eigenvalue weighted by molar-refractivity contribution is 6.23. The van der Waals surface area contributed by atoms with Crippen molar-refractivity contribution in [3.05, 3.63) is 71.9 Å². The number of imide groups is 1. The zero-order valence-electron chi connectivity index (χ0n) is 16.3. The molecule has 1 aliphatic heterocycles. The van der Waals surface area contributed by atoms with E-state index in [2.05, 4.69) is 10.3 Å². The summed E-state index contributed by atoms with van der Waals surface area (Å²) in [5.41, 5.74) is 1.89. The van der Waals surface area contributed by atoms with Gasteiger partial charge < -0.3 is 5.32 Å². The predicted octanol–water partition coefficient (Wildman–Crippen LogP) is 3.88. The lowest BCUT2D eigenvalue weighted by Crippen LogP contribution is -2.50. The molecule has 1 aliphatic rings. The van der Waals surface area contributed by atoms with Gasteiger partial charge in [-0.3, -0.25) is 24.3 Å². The SMILES string of the molecule is CC[C@@H](C)[C@@H](C(=O)Nc1cccc2cccnc12)N1C(=O)c2ccccc2C1=O.